The summed E-state index contributed by atoms with van der Waals surface area (Å²) >= 11 is 4.72. The highest BCUT2D eigenvalue weighted by Crippen LogP contribution is 2.18. The normalized spacial score (nSPS) is 9.57. The van der Waals surface area contributed by atoms with Crippen LogP contribution in [-0.4, -0.2) is 25.7 Å². The topological polar surface area (TPSA) is 38.5 Å². The number of hydrogen-bond acceptors (Lipinski definition) is 3. The molecule has 0 spiro atoms. The molecular weight excluding hydrogens is 196 g/mol. The Bertz CT molecular complexity index is 326. The van der Waals surface area contributed by atoms with Crippen LogP contribution in [-0.2, 0) is 0 Å². The van der Waals surface area contributed by atoms with Crippen molar-refractivity contribution in [3.63, 3.8) is 0 Å². The molecule has 3 nitrogen and oxygen atoms in total. The van der Waals surface area contributed by atoms with E-state index in [0.29, 0.717) is 4.99 Å². The second-order valence-electron chi connectivity index (χ2n) is 3.15. The van der Waals surface area contributed by atoms with Crippen molar-refractivity contribution in [2.45, 2.75) is 0 Å². The quantitative estimate of drug-likeness (QED) is 0.763. The van der Waals surface area contributed by atoms with E-state index < -0.39 is 0 Å². The number of nitrogens with zero attached hydrogens (tertiary/aromatic N) is 1. The molecule has 2 N–H and O–H groups in total. The Morgan fingerprint density at radius 1 is 1.50 bits per heavy atom. The minimum atomic E-state index is 0.284. The summed E-state index contributed by atoms with van der Waals surface area (Å²) in [5, 5.41) is 0. The molecule has 14 heavy (non-hydrogen) atoms. The Balaban J connectivity index is 2.68. The van der Waals surface area contributed by atoms with Crippen molar-refractivity contribution >= 4 is 22.9 Å². The average molecular weight is 210 g/mol. The predicted molar refractivity (Wildman–Crippen MR) is 63.0 cm³/mol. The van der Waals surface area contributed by atoms with Crippen molar-refractivity contribution in [3.05, 3.63) is 24.3 Å². The van der Waals surface area contributed by atoms with Crippen molar-refractivity contribution in [2.75, 3.05) is 25.6 Å². The number of benzene rings is 1. The Labute approximate surface area is 89.5 Å². The molecule has 0 aliphatic carbocycles. The van der Waals surface area contributed by atoms with Crippen molar-refractivity contribution < 1.29 is 4.74 Å². The minimum absolute atomic E-state index is 0.284. The monoisotopic (exact) mass is 210 g/mol. The third-order valence-electron chi connectivity index (χ3n) is 1.72. The van der Waals surface area contributed by atoms with E-state index in [0.717, 1.165) is 11.4 Å². The Morgan fingerprint density at radius 3 is 2.79 bits per heavy atom. The zero-order valence-corrected chi connectivity index (χ0v) is 9.17. The van der Waals surface area contributed by atoms with E-state index in [1.165, 1.54) is 0 Å². The van der Waals surface area contributed by atoms with E-state index >= 15 is 0 Å². The fourth-order valence-corrected chi connectivity index (χ4v) is 1.06. The van der Waals surface area contributed by atoms with Gasteiger partial charge in [-0.1, -0.05) is 18.3 Å². The van der Waals surface area contributed by atoms with Gasteiger partial charge in [0.15, 0.2) is 0 Å². The lowest BCUT2D eigenvalue weighted by atomic mass is 10.3. The Morgan fingerprint density at radius 2 is 2.21 bits per heavy atom. The number of hydrogen-bond donors (Lipinski definition) is 1. The first-order valence-electron chi connectivity index (χ1n) is 4.28. The Hall–Kier alpha value is -1.29. The molecule has 1 aromatic rings. The van der Waals surface area contributed by atoms with Gasteiger partial charge in [-0.15, -0.1) is 0 Å². The highest BCUT2D eigenvalue weighted by Gasteiger charge is 1.98. The molecule has 0 aliphatic rings. The molecule has 0 radical (unpaired) electrons. The van der Waals surface area contributed by atoms with Crippen molar-refractivity contribution in [1.29, 1.82) is 0 Å². The number of anilines is 1. The lowest BCUT2D eigenvalue weighted by Gasteiger charge is -2.13. The lowest BCUT2D eigenvalue weighted by molar-refractivity contribution is 0.377. The first-order valence-corrected chi connectivity index (χ1v) is 4.69. The predicted octanol–water partition coefficient (Wildman–Crippen LogP) is 1.42. The second kappa shape index (κ2) is 4.81. The maximum absolute atomic E-state index is 5.37. The zero-order valence-electron chi connectivity index (χ0n) is 8.36. The maximum atomic E-state index is 5.37. The van der Waals surface area contributed by atoms with Gasteiger partial charge in [-0.05, 0) is 12.1 Å². The van der Waals surface area contributed by atoms with Crippen LogP contribution in [0.3, 0.4) is 0 Å². The van der Waals surface area contributed by atoms with Gasteiger partial charge in [-0.2, -0.15) is 0 Å². The summed E-state index contributed by atoms with van der Waals surface area (Å²) in [5.41, 5.74) is 6.42. The van der Waals surface area contributed by atoms with Crippen molar-refractivity contribution in [3.8, 4) is 5.75 Å². The van der Waals surface area contributed by atoms with Gasteiger partial charge in [0.2, 0.25) is 0 Å². The fourth-order valence-electron chi connectivity index (χ4n) is 1.01. The molecule has 0 heterocycles. The third kappa shape index (κ3) is 3.22. The van der Waals surface area contributed by atoms with E-state index in [9.17, 15) is 0 Å². The van der Waals surface area contributed by atoms with Gasteiger partial charge in [0, 0.05) is 25.8 Å². The molecule has 0 aromatic heterocycles. The highest BCUT2D eigenvalue weighted by molar-refractivity contribution is 7.80. The molecule has 0 atom stereocenters. The zero-order chi connectivity index (χ0) is 10.6. The van der Waals surface area contributed by atoms with Crippen LogP contribution >= 0.6 is 12.2 Å². The van der Waals surface area contributed by atoms with Crippen LogP contribution in [0, 0.1) is 0 Å². The molecule has 1 rings (SSSR count). The fraction of sp³-hybridized carbons (Fsp3) is 0.300. The van der Waals surface area contributed by atoms with Crippen molar-refractivity contribution in [1.82, 2.24) is 0 Å². The molecule has 76 valence electrons. The summed E-state index contributed by atoms with van der Waals surface area (Å²) in [7, 11) is 3.96. The number of nitrogens with two attached hydrogens (primary N) is 1. The molecule has 4 heteroatoms. The van der Waals surface area contributed by atoms with E-state index in [1.807, 2.05) is 43.3 Å². The summed E-state index contributed by atoms with van der Waals surface area (Å²) in [4.78, 5) is 2.37. The smallest absolute Gasteiger partial charge is 0.138 e. The first-order chi connectivity index (χ1) is 6.59. The highest BCUT2D eigenvalue weighted by atomic mass is 32.1. The van der Waals surface area contributed by atoms with Crippen LogP contribution in [0.4, 0.5) is 5.69 Å². The van der Waals surface area contributed by atoms with Crippen LogP contribution in [0.5, 0.6) is 5.75 Å². The number of thiocarbonyl (C=S) groups is 1. The largest absolute Gasteiger partial charge is 0.486 e. The van der Waals surface area contributed by atoms with Crippen LogP contribution in [0.15, 0.2) is 24.3 Å². The van der Waals surface area contributed by atoms with Gasteiger partial charge in [-0.25, -0.2) is 0 Å². The SMILES string of the molecule is CN(C)c1cccc(OCC(N)=S)c1. The molecule has 1 aromatic carbocycles. The molecular formula is C10H14N2OS. The lowest BCUT2D eigenvalue weighted by Crippen LogP contribution is -2.18. The maximum Gasteiger partial charge on any atom is 0.138 e. The summed E-state index contributed by atoms with van der Waals surface area (Å²) in [6.07, 6.45) is 0. The van der Waals surface area contributed by atoms with Gasteiger partial charge in [0.25, 0.3) is 0 Å². The summed E-state index contributed by atoms with van der Waals surface area (Å²) in [5.74, 6) is 0.781. The van der Waals surface area contributed by atoms with E-state index in [1.54, 1.807) is 0 Å². The van der Waals surface area contributed by atoms with Crippen LogP contribution in [0.2, 0.25) is 0 Å². The minimum Gasteiger partial charge on any atom is -0.486 e. The molecule has 0 amide bonds. The van der Waals surface area contributed by atoms with Gasteiger partial charge >= 0.3 is 0 Å². The summed E-state index contributed by atoms with van der Waals surface area (Å²) in [6, 6.07) is 7.77. The van der Waals surface area contributed by atoms with Crippen molar-refractivity contribution in [2.24, 2.45) is 5.73 Å². The standard InChI is InChI=1S/C10H14N2OS/c1-12(2)8-4-3-5-9(6-8)13-7-10(11)14/h3-6H,7H2,1-2H3,(H2,11,14). The van der Waals surface area contributed by atoms with E-state index in [-0.39, 0.29) is 6.61 Å². The van der Waals surface area contributed by atoms with Crippen LogP contribution < -0.4 is 15.4 Å². The van der Waals surface area contributed by atoms with E-state index in [2.05, 4.69) is 0 Å². The molecule has 0 fully saturated rings. The summed E-state index contributed by atoms with van der Waals surface area (Å²) < 4.78 is 5.37. The molecule has 0 aliphatic heterocycles. The van der Waals surface area contributed by atoms with Crippen LogP contribution in [0.25, 0.3) is 0 Å². The molecule has 0 bridgehead atoms. The van der Waals surface area contributed by atoms with Gasteiger partial charge in [0.05, 0.1) is 0 Å². The molecule has 0 unspecified atom stereocenters. The molecule has 0 saturated heterocycles. The van der Waals surface area contributed by atoms with Gasteiger partial charge in [-0.3, -0.25) is 0 Å². The Kier molecular flexibility index (Phi) is 3.71. The van der Waals surface area contributed by atoms with Gasteiger partial charge in [0.1, 0.15) is 17.3 Å². The average Bonchev–Trinajstić information content (AvgIpc) is 2.15. The van der Waals surface area contributed by atoms with Gasteiger partial charge < -0.3 is 15.4 Å². The third-order valence-corrected chi connectivity index (χ3v) is 1.83. The number of rotatable bonds is 4. The second-order valence-corrected chi connectivity index (χ2v) is 3.67. The van der Waals surface area contributed by atoms with E-state index in [4.69, 9.17) is 22.7 Å². The summed E-state index contributed by atoms with van der Waals surface area (Å²) in [6.45, 7) is 0.284. The first kappa shape index (κ1) is 10.8. The van der Waals surface area contributed by atoms with Crippen LogP contribution in [0.1, 0.15) is 0 Å². The molecule has 0 saturated carbocycles. The number of ether oxygens (including phenoxy) is 1.